The standard InChI is InChI=1S/C17H14ClF2N3OS/c1-23-15(9-24-14-8-3-2-6-12(14)18)21-22-17(23)25-10-11-5-4-7-13(19)16(11)20/h2-8H,9-10H2,1H3. The monoisotopic (exact) mass is 381 g/mol. The summed E-state index contributed by atoms with van der Waals surface area (Å²) in [7, 11) is 1.79. The average molecular weight is 382 g/mol. The molecule has 4 nitrogen and oxygen atoms in total. The Morgan fingerprint density at radius 3 is 2.72 bits per heavy atom. The Morgan fingerprint density at radius 2 is 1.92 bits per heavy atom. The molecular formula is C17H14ClF2N3OS. The third kappa shape index (κ3) is 4.11. The van der Waals surface area contributed by atoms with E-state index >= 15 is 0 Å². The first-order chi connectivity index (χ1) is 12.1. The number of thioether (sulfide) groups is 1. The summed E-state index contributed by atoms with van der Waals surface area (Å²) in [5, 5.41) is 9.23. The normalized spacial score (nSPS) is 10.9. The molecule has 25 heavy (non-hydrogen) atoms. The Kier molecular flexibility index (Phi) is 5.55. The van der Waals surface area contributed by atoms with E-state index in [1.54, 1.807) is 29.8 Å². The first-order valence-corrected chi connectivity index (χ1v) is 8.74. The van der Waals surface area contributed by atoms with E-state index in [1.807, 2.05) is 12.1 Å². The Morgan fingerprint density at radius 1 is 1.12 bits per heavy atom. The van der Waals surface area contributed by atoms with Crippen LogP contribution >= 0.6 is 23.4 Å². The summed E-state index contributed by atoms with van der Waals surface area (Å²) in [5.41, 5.74) is 0.280. The van der Waals surface area contributed by atoms with Crippen LogP contribution in [0.25, 0.3) is 0 Å². The summed E-state index contributed by atoms with van der Waals surface area (Å²) < 4.78 is 34.3. The minimum absolute atomic E-state index is 0.197. The number of ether oxygens (including phenoxy) is 1. The summed E-state index contributed by atoms with van der Waals surface area (Å²) in [6.45, 7) is 0.197. The topological polar surface area (TPSA) is 39.9 Å². The highest BCUT2D eigenvalue weighted by Crippen LogP contribution is 2.26. The molecule has 3 aromatic rings. The molecular weight excluding hydrogens is 368 g/mol. The van der Waals surface area contributed by atoms with Gasteiger partial charge in [0.05, 0.1) is 5.02 Å². The third-order valence-electron chi connectivity index (χ3n) is 3.51. The number of para-hydroxylation sites is 1. The van der Waals surface area contributed by atoms with Crippen molar-refractivity contribution in [3.05, 3.63) is 70.5 Å². The smallest absolute Gasteiger partial charge is 0.191 e. The van der Waals surface area contributed by atoms with E-state index < -0.39 is 11.6 Å². The molecule has 8 heteroatoms. The van der Waals surface area contributed by atoms with Crippen LogP contribution in [0.15, 0.2) is 47.6 Å². The van der Waals surface area contributed by atoms with Gasteiger partial charge in [0.15, 0.2) is 22.6 Å². The van der Waals surface area contributed by atoms with Crippen LogP contribution in [0.2, 0.25) is 5.02 Å². The SMILES string of the molecule is Cn1c(COc2ccccc2Cl)nnc1SCc1cccc(F)c1F. The van der Waals surface area contributed by atoms with Crippen molar-refractivity contribution in [2.45, 2.75) is 17.5 Å². The van der Waals surface area contributed by atoms with E-state index in [9.17, 15) is 8.78 Å². The van der Waals surface area contributed by atoms with Crippen LogP contribution in [0.5, 0.6) is 5.75 Å². The van der Waals surface area contributed by atoms with Gasteiger partial charge in [-0.05, 0) is 18.2 Å². The lowest BCUT2D eigenvalue weighted by atomic mass is 10.2. The van der Waals surface area contributed by atoms with E-state index in [-0.39, 0.29) is 17.9 Å². The van der Waals surface area contributed by atoms with Crippen LogP contribution in [0.1, 0.15) is 11.4 Å². The van der Waals surface area contributed by atoms with Gasteiger partial charge in [0.2, 0.25) is 0 Å². The van der Waals surface area contributed by atoms with E-state index in [0.29, 0.717) is 21.8 Å². The lowest BCUT2D eigenvalue weighted by molar-refractivity contribution is 0.290. The molecule has 0 N–H and O–H groups in total. The summed E-state index contributed by atoms with van der Waals surface area (Å²) in [4.78, 5) is 0. The van der Waals surface area contributed by atoms with Gasteiger partial charge in [-0.15, -0.1) is 10.2 Å². The van der Waals surface area contributed by atoms with E-state index in [1.165, 1.54) is 17.8 Å². The van der Waals surface area contributed by atoms with Crippen LogP contribution < -0.4 is 4.74 Å². The Balaban J connectivity index is 1.65. The predicted octanol–water partition coefficient (Wildman–Crippen LogP) is 4.62. The van der Waals surface area contributed by atoms with Gasteiger partial charge in [0, 0.05) is 18.4 Å². The second-order valence-corrected chi connectivity index (χ2v) is 6.53. The summed E-state index contributed by atoms with van der Waals surface area (Å²) in [5.74, 6) is -0.282. The van der Waals surface area contributed by atoms with Crippen LogP contribution in [0.3, 0.4) is 0 Å². The molecule has 0 spiro atoms. The number of aromatic nitrogens is 3. The molecule has 3 rings (SSSR count). The van der Waals surface area contributed by atoms with E-state index in [0.717, 1.165) is 6.07 Å². The van der Waals surface area contributed by atoms with Crippen molar-refractivity contribution >= 4 is 23.4 Å². The van der Waals surface area contributed by atoms with Crippen molar-refractivity contribution in [1.29, 1.82) is 0 Å². The van der Waals surface area contributed by atoms with Crippen LogP contribution in [-0.2, 0) is 19.4 Å². The fourth-order valence-electron chi connectivity index (χ4n) is 2.10. The van der Waals surface area contributed by atoms with E-state index in [2.05, 4.69) is 10.2 Å². The Hall–Kier alpha value is -2.12. The van der Waals surface area contributed by atoms with Gasteiger partial charge in [0.1, 0.15) is 12.4 Å². The summed E-state index contributed by atoms with van der Waals surface area (Å²) in [6.07, 6.45) is 0. The molecule has 0 fully saturated rings. The molecule has 0 saturated heterocycles. The molecule has 0 aliphatic carbocycles. The molecule has 0 bridgehead atoms. The largest absolute Gasteiger partial charge is 0.484 e. The maximum Gasteiger partial charge on any atom is 0.191 e. The summed E-state index contributed by atoms with van der Waals surface area (Å²) >= 11 is 7.31. The van der Waals surface area contributed by atoms with Gasteiger partial charge >= 0.3 is 0 Å². The van der Waals surface area contributed by atoms with Crippen LogP contribution in [0, 0.1) is 11.6 Å². The van der Waals surface area contributed by atoms with Crippen molar-refractivity contribution in [1.82, 2.24) is 14.8 Å². The van der Waals surface area contributed by atoms with Crippen LogP contribution in [-0.4, -0.2) is 14.8 Å². The molecule has 0 aliphatic rings. The van der Waals surface area contributed by atoms with Gasteiger partial charge in [-0.3, -0.25) is 0 Å². The molecule has 2 aromatic carbocycles. The molecule has 1 aromatic heterocycles. The molecule has 0 aliphatic heterocycles. The van der Waals surface area contributed by atoms with Gasteiger partial charge in [-0.1, -0.05) is 47.6 Å². The third-order valence-corrected chi connectivity index (χ3v) is 4.89. The number of hydrogen-bond donors (Lipinski definition) is 0. The first-order valence-electron chi connectivity index (χ1n) is 7.37. The van der Waals surface area contributed by atoms with Gasteiger partial charge < -0.3 is 9.30 Å². The molecule has 0 radical (unpaired) electrons. The second-order valence-electron chi connectivity index (χ2n) is 5.18. The van der Waals surface area contributed by atoms with Crippen molar-refractivity contribution in [3.63, 3.8) is 0 Å². The van der Waals surface area contributed by atoms with Crippen molar-refractivity contribution in [2.75, 3.05) is 0 Å². The van der Waals surface area contributed by atoms with Crippen molar-refractivity contribution in [2.24, 2.45) is 7.05 Å². The minimum atomic E-state index is -0.857. The number of hydrogen-bond acceptors (Lipinski definition) is 4. The lowest BCUT2D eigenvalue weighted by Gasteiger charge is -2.08. The van der Waals surface area contributed by atoms with Crippen molar-refractivity contribution < 1.29 is 13.5 Å². The quantitative estimate of drug-likeness (QED) is 0.584. The lowest BCUT2D eigenvalue weighted by Crippen LogP contribution is -2.04. The Labute approximate surface area is 152 Å². The highest BCUT2D eigenvalue weighted by Gasteiger charge is 2.13. The molecule has 0 unspecified atom stereocenters. The first kappa shape index (κ1) is 17.7. The maximum atomic E-state index is 13.7. The molecule has 1 heterocycles. The van der Waals surface area contributed by atoms with E-state index in [4.69, 9.17) is 16.3 Å². The fraction of sp³-hybridized carbons (Fsp3) is 0.176. The predicted molar refractivity (Wildman–Crippen MR) is 92.7 cm³/mol. The maximum absolute atomic E-state index is 13.7. The highest BCUT2D eigenvalue weighted by atomic mass is 35.5. The molecule has 130 valence electrons. The number of rotatable bonds is 6. The second kappa shape index (κ2) is 7.84. The van der Waals surface area contributed by atoms with Gasteiger partial charge in [0.25, 0.3) is 0 Å². The number of halogens is 3. The number of nitrogens with zero attached hydrogens (tertiary/aromatic N) is 3. The molecule has 0 atom stereocenters. The molecule has 0 amide bonds. The zero-order valence-corrected chi connectivity index (χ0v) is 14.8. The molecule has 0 saturated carbocycles. The zero-order valence-electron chi connectivity index (χ0n) is 13.2. The van der Waals surface area contributed by atoms with Crippen LogP contribution in [0.4, 0.5) is 8.78 Å². The highest BCUT2D eigenvalue weighted by molar-refractivity contribution is 7.98. The zero-order chi connectivity index (χ0) is 17.8. The Bertz CT molecular complexity index is 888. The fourth-order valence-corrected chi connectivity index (χ4v) is 3.20. The average Bonchev–Trinajstić information content (AvgIpc) is 2.96. The summed E-state index contributed by atoms with van der Waals surface area (Å²) in [6, 6.07) is 11.3. The van der Waals surface area contributed by atoms with Gasteiger partial charge in [-0.25, -0.2) is 8.78 Å². The minimum Gasteiger partial charge on any atom is -0.484 e. The number of benzene rings is 2. The van der Waals surface area contributed by atoms with Gasteiger partial charge in [-0.2, -0.15) is 0 Å². The van der Waals surface area contributed by atoms with Crippen molar-refractivity contribution in [3.8, 4) is 5.75 Å².